The summed E-state index contributed by atoms with van der Waals surface area (Å²) in [6.45, 7) is 10.7. The lowest BCUT2D eigenvalue weighted by Gasteiger charge is -2.20. The fourth-order valence-corrected chi connectivity index (χ4v) is 2.82. The summed E-state index contributed by atoms with van der Waals surface area (Å²) in [4.78, 5) is 0. The molecule has 0 radical (unpaired) electrons. The molecule has 22 heavy (non-hydrogen) atoms. The van der Waals surface area contributed by atoms with E-state index in [1.54, 1.807) is 0 Å². The van der Waals surface area contributed by atoms with Gasteiger partial charge in [-0.2, -0.15) is 0 Å². The summed E-state index contributed by atoms with van der Waals surface area (Å²) in [6, 6.07) is 12.9. The van der Waals surface area contributed by atoms with Crippen LogP contribution < -0.4 is 10.6 Å². The Morgan fingerprint density at radius 2 is 1.50 bits per heavy atom. The van der Waals surface area contributed by atoms with Crippen LogP contribution in [0.3, 0.4) is 0 Å². The highest BCUT2D eigenvalue weighted by Crippen LogP contribution is 2.21. The highest BCUT2D eigenvalue weighted by molar-refractivity contribution is 7.80. The minimum absolute atomic E-state index is 0.171. The van der Waals surface area contributed by atoms with Gasteiger partial charge in [0.15, 0.2) is 5.11 Å². The summed E-state index contributed by atoms with van der Waals surface area (Å²) in [6.07, 6.45) is 0. The zero-order valence-electron chi connectivity index (χ0n) is 13.9. The Labute approximate surface area is 139 Å². The van der Waals surface area contributed by atoms with Gasteiger partial charge in [-0.05, 0) is 81.2 Å². The first-order valence-corrected chi connectivity index (χ1v) is 7.99. The molecule has 0 saturated carbocycles. The van der Waals surface area contributed by atoms with Crippen molar-refractivity contribution >= 4 is 23.0 Å². The van der Waals surface area contributed by atoms with Crippen molar-refractivity contribution in [3.05, 3.63) is 64.2 Å². The second kappa shape index (κ2) is 6.93. The van der Waals surface area contributed by atoms with E-state index in [1.807, 2.05) is 12.1 Å². The molecule has 0 saturated heterocycles. The molecule has 0 fully saturated rings. The van der Waals surface area contributed by atoms with Crippen molar-refractivity contribution in [1.29, 1.82) is 0 Å². The molecule has 2 aromatic rings. The van der Waals surface area contributed by atoms with Crippen molar-refractivity contribution in [2.75, 3.05) is 5.32 Å². The second-order valence-electron chi connectivity index (χ2n) is 5.98. The van der Waals surface area contributed by atoms with Crippen LogP contribution in [0, 0.1) is 27.7 Å². The van der Waals surface area contributed by atoms with Gasteiger partial charge in [0.25, 0.3) is 0 Å². The van der Waals surface area contributed by atoms with Gasteiger partial charge in [0, 0.05) is 5.69 Å². The summed E-state index contributed by atoms with van der Waals surface area (Å²) in [5.74, 6) is 0. The number of hydrogen-bond acceptors (Lipinski definition) is 1. The number of thiocarbonyl (C=S) groups is 1. The first kappa shape index (κ1) is 16.5. The van der Waals surface area contributed by atoms with E-state index in [2.05, 4.69) is 69.5 Å². The molecule has 0 aliphatic carbocycles. The van der Waals surface area contributed by atoms with Gasteiger partial charge in [0.05, 0.1) is 6.04 Å². The molecule has 0 aliphatic rings. The van der Waals surface area contributed by atoms with Crippen molar-refractivity contribution in [2.45, 2.75) is 40.7 Å². The SMILES string of the molecule is Cc1ccc(NC(=S)N[C@@H](C)c2cc(C)c(C)cc2C)cc1. The molecule has 2 rings (SSSR count). The highest BCUT2D eigenvalue weighted by atomic mass is 32.1. The Kier molecular flexibility index (Phi) is 5.19. The maximum absolute atomic E-state index is 5.42. The molecule has 2 N–H and O–H groups in total. The van der Waals surface area contributed by atoms with Crippen LogP contribution in [0.5, 0.6) is 0 Å². The van der Waals surface area contributed by atoms with E-state index in [0.717, 1.165) is 5.69 Å². The van der Waals surface area contributed by atoms with E-state index >= 15 is 0 Å². The van der Waals surface area contributed by atoms with Crippen LogP contribution in [0.25, 0.3) is 0 Å². The summed E-state index contributed by atoms with van der Waals surface area (Å²) >= 11 is 5.42. The van der Waals surface area contributed by atoms with Gasteiger partial charge in [0.2, 0.25) is 0 Å². The molecule has 2 aromatic carbocycles. The molecule has 0 bridgehead atoms. The second-order valence-corrected chi connectivity index (χ2v) is 6.39. The summed E-state index contributed by atoms with van der Waals surface area (Å²) in [5, 5.41) is 7.25. The van der Waals surface area contributed by atoms with Gasteiger partial charge in [-0.1, -0.05) is 29.8 Å². The Bertz CT molecular complexity index is 675. The number of hydrogen-bond donors (Lipinski definition) is 2. The molecule has 1 atom stereocenters. The molecule has 0 unspecified atom stereocenters. The predicted octanol–water partition coefficient (Wildman–Crippen LogP) is 4.97. The van der Waals surface area contributed by atoms with Crippen LogP contribution in [0.1, 0.15) is 40.8 Å². The number of nitrogens with one attached hydrogen (secondary N) is 2. The van der Waals surface area contributed by atoms with Crippen LogP contribution in [0.2, 0.25) is 0 Å². The minimum atomic E-state index is 0.171. The average molecular weight is 312 g/mol. The third-order valence-electron chi connectivity index (χ3n) is 4.01. The van der Waals surface area contributed by atoms with Gasteiger partial charge in [-0.3, -0.25) is 0 Å². The van der Waals surface area contributed by atoms with Crippen LogP contribution in [0.15, 0.2) is 36.4 Å². The van der Waals surface area contributed by atoms with Crippen LogP contribution in [-0.4, -0.2) is 5.11 Å². The Hall–Kier alpha value is -1.87. The van der Waals surface area contributed by atoms with Gasteiger partial charge < -0.3 is 10.6 Å². The maximum atomic E-state index is 5.42. The molecular formula is C19H24N2S. The lowest BCUT2D eigenvalue weighted by Crippen LogP contribution is -2.31. The van der Waals surface area contributed by atoms with Crippen molar-refractivity contribution in [3.8, 4) is 0 Å². The van der Waals surface area contributed by atoms with E-state index in [1.165, 1.54) is 27.8 Å². The van der Waals surface area contributed by atoms with Gasteiger partial charge in [0.1, 0.15) is 0 Å². The quantitative estimate of drug-likeness (QED) is 0.783. The van der Waals surface area contributed by atoms with Crippen LogP contribution >= 0.6 is 12.2 Å². The zero-order chi connectivity index (χ0) is 16.3. The monoisotopic (exact) mass is 312 g/mol. The fraction of sp³-hybridized carbons (Fsp3) is 0.316. The van der Waals surface area contributed by atoms with E-state index in [-0.39, 0.29) is 6.04 Å². The molecule has 2 nitrogen and oxygen atoms in total. The molecule has 0 heterocycles. The van der Waals surface area contributed by atoms with Crippen molar-refractivity contribution < 1.29 is 0 Å². The summed E-state index contributed by atoms with van der Waals surface area (Å²) in [7, 11) is 0. The molecule has 3 heteroatoms. The fourth-order valence-electron chi connectivity index (χ4n) is 2.53. The van der Waals surface area contributed by atoms with Gasteiger partial charge >= 0.3 is 0 Å². The van der Waals surface area contributed by atoms with Crippen molar-refractivity contribution in [3.63, 3.8) is 0 Å². The van der Waals surface area contributed by atoms with Gasteiger partial charge in [-0.15, -0.1) is 0 Å². The Morgan fingerprint density at radius 1 is 0.909 bits per heavy atom. The minimum Gasteiger partial charge on any atom is -0.356 e. The lowest BCUT2D eigenvalue weighted by molar-refractivity contribution is 0.716. The lowest BCUT2D eigenvalue weighted by atomic mass is 9.97. The largest absolute Gasteiger partial charge is 0.356 e. The summed E-state index contributed by atoms with van der Waals surface area (Å²) < 4.78 is 0. The average Bonchev–Trinajstić information content (AvgIpc) is 2.45. The predicted molar refractivity (Wildman–Crippen MR) is 99.6 cm³/mol. The normalized spacial score (nSPS) is 11.9. The first-order chi connectivity index (χ1) is 10.4. The first-order valence-electron chi connectivity index (χ1n) is 7.58. The van der Waals surface area contributed by atoms with Crippen molar-refractivity contribution in [1.82, 2.24) is 5.32 Å². The third-order valence-corrected chi connectivity index (χ3v) is 4.23. The molecule has 0 spiro atoms. The Morgan fingerprint density at radius 3 is 2.14 bits per heavy atom. The number of anilines is 1. The van der Waals surface area contributed by atoms with Crippen molar-refractivity contribution in [2.24, 2.45) is 0 Å². The smallest absolute Gasteiger partial charge is 0.171 e. The number of aryl methyl sites for hydroxylation is 4. The standard InChI is InChI=1S/C19H24N2S/c1-12-6-8-17(9-7-12)21-19(22)20-16(5)18-11-14(3)13(2)10-15(18)4/h6-11,16H,1-5H3,(H2,20,21,22)/t16-/m0/s1. The van der Waals surface area contributed by atoms with E-state index in [0.29, 0.717) is 5.11 Å². The molecule has 0 aromatic heterocycles. The number of benzene rings is 2. The van der Waals surface area contributed by atoms with Crippen LogP contribution in [-0.2, 0) is 0 Å². The molecule has 116 valence electrons. The number of rotatable bonds is 3. The Balaban J connectivity index is 2.05. The highest BCUT2D eigenvalue weighted by Gasteiger charge is 2.11. The van der Waals surface area contributed by atoms with Crippen LogP contribution in [0.4, 0.5) is 5.69 Å². The summed E-state index contributed by atoms with van der Waals surface area (Å²) in [5.41, 5.74) is 7.47. The topological polar surface area (TPSA) is 24.1 Å². The maximum Gasteiger partial charge on any atom is 0.171 e. The van der Waals surface area contributed by atoms with E-state index < -0.39 is 0 Å². The zero-order valence-corrected chi connectivity index (χ0v) is 14.8. The van der Waals surface area contributed by atoms with Gasteiger partial charge in [-0.25, -0.2) is 0 Å². The molecule has 0 aliphatic heterocycles. The third kappa shape index (κ3) is 4.08. The van der Waals surface area contributed by atoms with E-state index in [9.17, 15) is 0 Å². The van der Waals surface area contributed by atoms with E-state index in [4.69, 9.17) is 12.2 Å². The molecular weight excluding hydrogens is 288 g/mol. The molecule has 0 amide bonds.